The predicted molar refractivity (Wildman–Crippen MR) is 146 cm³/mol. The van der Waals surface area contributed by atoms with Crippen LogP contribution in [-0.4, -0.2) is 50.2 Å². The molecule has 7 nitrogen and oxygen atoms in total. The zero-order chi connectivity index (χ0) is 27.2. The molecule has 1 unspecified atom stereocenters. The van der Waals surface area contributed by atoms with Gasteiger partial charge in [0.05, 0.1) is 23.1 Å². The number of aromatic hydroxyl groups is 1. The minimum atomic E-state index is -0.827. The standard InChI is InChI=1S/C30H40N4O3/c1-29(2,3)21-15-25(27(36)26(16-21)30(4,5)6)28(37)33-17-24(35)20-34(18-22-11-7-9-13-31-22)19-23-12-8-10-14-32-23/h7-16,24,35-36H,17-20H2,1-6H3,(H,33,37). The van der Waals surface area contributed by atoms with Crippen molar-refractivity contribution in [3.63, 3.8) is 0 Å². The minimum absolute atomic E-state index is 0.0144. The van der Waals surface area contributed by atoms with Gasteiger partial charge in [-0.1, -0.05) is 59.7 Å². The first-order valence-electron chi connectivity index (χ1n) is 12.7. The Labute approximate surface area is 220 Å². The lowest BCUT2D eigenvalue weighted by molar-refractivity contribution is 0.0831. The summed E-state index contributed by atoms with van der Waals surface area (Å²) in [6, 6.07) is 15.2. The summed E-state index contributed by atoms with van der Waals surface area (Å²) in [4.78, 5) is 24.0. The number of phenolic OH excluding ortho intramolecular Hbond substituents is 1. The first-order chi connectivity index (χ1) is 17.3. The van der Waals surface area contributed by atoms with Gasteiger partial charge in [0.2, 0.25) is 0 Å². The molecule has 0 aliphatic carbocycles. The molecule has 3 N–H and O–H groups in total. The molecular formula is C30H40N4O3. The number of phenols is 1. The van der Waals surface area contributed by atoms with Crippen LogP contribution < -0.4 is 5.32 Å². The van der Waals surface area contributed by atoms with Crippen molar-refractivity contribution in [2.75, 3.05) is 13.1 Å². The summed E-state index contributed by atoms with van der Waals surface area (Å²) < 4.78 is 0. The van der Waals surface area contributed by atoms with Gasteiger partial charge in [-0.05, 0) is 46.7 Å². The van der Waals surface area contributed by atoms with Crippen LogP contribution in [0.1, 0.15) is 74.4 Å². The smallest absolute Gasteiger partial charge is 0.255 e. The van der Waals surface area contributed by atoms with E-state index in [2.05, 4.69) is 41.0 Å². The second-order valence-corrected chi connectivity index (χ2v) is 11.6. The van der Waals surface area contributed by atoms with Crippen LogP contribution in [0.15, 0.2) is 60.9 Å². The van der Waals surface area contributed by atoms with Crippen LogP contribution in [0.2, 0.25) is 0 Å². The van der Waals surface area contributed by atoms with Crippen LogP contribution in [0.25, 0.3) is 0 Å². The van der Waals surface area contributed by atoms with Gasteiger partial charge in [-0.3, -0.25) is 19.7 Å². The number of hydrogen-bond acceptors (Lipinski definition) is 6. The number of nitrogens with one attached hydrogen (secondary N) is 1. The summed E-state index contributed by atoms with van der Waals surface area (Å²) in [5, 5.41) is 24.7. The zero-order valence-electron chi connectivity index (χ0n) is 22.8. The van der Waals surface area contributed by atoms with E-state index in [1.165, 1.54) is 0 Å². The molecule has 0 bridgehead atoms. The Morgan fingerprint density at radius 1 is 0.919 bits per heavy atom. The molecular weight excluding hydrogens is 464 g/mol. The summed E-state index contributed by atoms with van der Waals surface area (Å²) in [6.45, 7) is 13.7. The maximum atomic E-state index is 13.2. The highest BCUT2D eigenvalue weighted by atomic mass is 16.3. The van der Waals surface area contributed by atoms with Crippen molar-refractivity contribution in [3.05, 3.63) is 89.0 Å². The van der Waals surface area contributed by atoms with Crippen molar-refractivity contribution in [2.45, 2.75) is 71.6 Å². The highest BCUT2D eigenvalue weighted by Crippen LogP contribution is 2.37. The van der Waals surface area contributed by atoms with Gasteiger partial charge in [0, 0.05) is 44.1 Å². The van der Waals surface area contributed by atoms with Crippen molar-refractivity contribution < 1.29 is 15.0 Å². The third kappa shape index (κ3) is 8.10. The Balaban J connectivity index is 1.73. The minimum Gasteiger partial charge on any atom is -0.507 e. The summed E-state index contributed by atoms with van der Waals surface area (Å²) in [5.74, 6) is -0.423. The van der Waals surface area contributed by atoms with E-state index in [4.69, 9.17) is 0 Å². The highest BCUT2D eigenvalue weighted by Gasteiger charge is 2.27. The summed E-state index contributed by atoms with van der Waals surface area (Å²) in [6.07, 6.45) is 2.66. The van der Waals surface area contributed by atoms with Crippen LogP contribution in [0.5, 0.6) is 5.75 Å². The molecule has 0 saturated heterocycles. The highest BCUT2D eigenvalue weighted by molar-refractivity contribution is 5.97. The molecule has 7 heteroatoms. The number of carbonyl (C=O) groups excluding carboxylic acids is 1. The van der Waals surface area contributed by atoms with Gasteiger partial charge in [-0.2, -0.15) is 0 Å². The molecule has 1 atom stereocenters. The van der Waals surface area contributed by atoms with Crippen molar-refractivity contribution in [1.29, 1.82) is 0 Å². The maximum Gasteiger partial charge on any atom is 0.255 e. The van der Waals surface area contributed by atoms with Crippen molar-refractivity contribution in [2.24, 2.45) is 0 Å². The average molecular weight is 505 g/mol. The fourth-order valence-electron chi connectivity index (χ4n) is 4.11. The molecule has 0 fully saturated rings. The monoisotopic (exact) mass is 504 g/mol. The van der Waals surface area contributed by atoms with Crippen LogP contribution in [0, 0.1) is 0 Å². The number of amides is 1. The first kappa shape index (κ1) is 28.3. The number of hydrogen-bond donors (Lipinski definition) is 3. The molecule has 1 amide bonds. The van der Waals surface area contributed by atoms with Crippen molar-refractivity contribution in [1.82, 2.24) is 20.2 Å². The Bertz CT molecular complexity index is 1130. The quantitative estimate of drug-likeness (QED) is 0.395. The molecule has 0 spiro atoms. The van der Waals surface area contributed by atoms with E-state index < -0.39 is 12.0 Å². The number of aliphatic hydroxyl groups is 1. The molecule has 37 heavy (non-hydrogen) atoms. The normalized spacial score (nSPS) is 13.0. The van der Waals surface area contributed by atoms with E-state index in [1.807, 2.05) is 63.2 Å². The zero-order valence-corrected chi connectivity index (χ0v) is 22.8. The second kappa shape index (κ2) is 11.8. The molecule has 1 aromatic carbocycles. The second-order valence-electron chi connectivity index (χ2n) is 11.6. The Kier molecular flexibility index (Phi) is 9.05. The van der Waals surface area contributed by atoms with Crippen LogP contribution in [-0.2, 0) is 23.9 Å². The van der Waals surface area contributed by atoms with E-state index in [-0.39, 0.29) is 28.7 Å². The van der Waals surface area contributed by atoms with Crippen LogP contribution in [0.3, 0.4) is 0 Å². The number of aliphatic hydroxyl groups excluding tert-OH is 1. The van der Waals surface area contributed by atoms with Gasteiger partial charge >= 0.3 is 0 Å². The third-order valence-electron chi connectivity index (χ3n) is 6.22. The summed E-state index contributed by atoms with van der Waals surface area (Å²) >= 11 is 0. The lowest BCUT2D eigenvalue weighted by atomic mass is 9.79. The summed E-state index contributed by atoms with van der Waals surface area (Å²) in [7, 11) is 0. The molecule has 198 valence electrons. The van der Waals surface area contributed by atoms with E-state index in [0.717, 1.165) is 22.5 Å². The molecule has 0 aliphatic heterocycles. The van der Waals surface area contributed by atoms with Gasteiger partial charge in [-0.15, -0.1) is 0 Å². The van der Waals surface area contributed by atoms with Crippen molar-refractivity contribution in [3.8, 4) is 5.75 Å². The van der Waals surface area contributed by atoms with Gasteiger partial charge < -0.3 is 15.5 Å². The molecule has 3 rings (SSSR count). The lowest BCUT2D eigenvalue weighted by Crippen LogP contribution is -2.40. The van der Waals surface area contributed by atoms with Crippen molar-refractivity contribution >= 4 is 5.91 Å². The number of pyridine rings is 2. The fourth-order valence-corrected chi connectivity index (χ4v) is 4.11. The number of aromatic nitrogens is 2. The maximum absolute atomic E-state index is 13.2. The van der Waals surface area contributed by atoms with Gasteiger partial charge in [0.1, 0.15) is 5.75 Å². The van der Waals surface area contributed by atoms with E-state index >= 15 is 0 Å². The summed E-state index contributed by atoms with van der Waals surface area (Å²) in [5.41, 5.74) is 3.15. The number of rotatable bonds is 9. The Hall–Kier alpha value is -3.29. The molecule has 2 heterocycles. The SMILES string of the molecule is CC(C)(C)c1cc(C(=O)NCC(O)CN(Cc2ccccn2)Cc2ccccn2)c(O)c(C(C)(C)C)c1. The first-order valence-corrected chi connectivity index (χ1v) is 12.7. The number of carbonyl (C=O) groups is 1. The fraction of sp³-hybridized carbons (Fsp3) is 0.433. The molecule has 0 aliphatic rings. The topological polar surface area (TPSA) is 98.6 Å². The Morgan fingerprint density at radius 3 is 1.95 bits per heavy atom. The van der Waals surface area contributed by atoms with Gasteiger partial charge in [0.25, 0.3) is 5.91 Å². The average Bonchev–Trinajstić information content (AvgIpc) is 2.82. The predicted octanol–water partition coefficient (Wildman–Crippen LogP) is 4.57. The van der Waals surface area contributed by atoms with Gasteiger partial charge in [-0.25, -0.2) is 0 Å². The number of nitrogens with zero attached hydrogens (tertiary/aromatic N) is 3. The molecule has 0 radical (unpaired) electrons. The third-order valence-corrected chi connectivity index (χ3v) is 6.22. The van der Waals surface area contributed by atoms with E-state index in [1.54, 1.807) is 18.5 Å². The Morgan fingerprint density at radius 2 is 1.49 bits per heavy atom. The van der Waals surface area contributed by atoms with E-state index in [0.29, 0.717) is 19.6 Å². The lowest BCUT2D eigenvalue weighted by Gasteiger charge is -2.27. The van der Waals surface area contributed by atoms with Crippen LogP contribution in [0.4, 0.5) is 0 Å². The van der Waals surface area contributed by atoms with Gasteiger partial charge in [0.15, 0.2) is 0 Å². The van der Waals surface area contributed by atoms with E-state index in [9.17, 15) is 15.0 Å². The largest absolute Gasteiger partial charge is 0.507 e. The molecule has 2 aromatic heterocycles. The van der Waals surface area contributed by atoms with Crippen LogP contribution >= 0.6 is 0 Å². The molecule has 3 aromatic rings. The molecule has 0 saturated carbocycles. The number of benzene rings is 1.